The predicted molar refractivity (Wildman–Crippen MR) is 25.6 cm³/mol. The van der Waals surface area contributed by atoms with Gasteiger partial charge in [0.2, 0.25) is 0 Å². The predicted octanol–water partition coefficient (Wildman–Crippen LogP) is -0.626. The Balaban J connectivity index is 2.57. The van der Waals surface area contributed by atoms with Gasteiger partial charge in [0.1, 0.15) is 0 Å². The van der Waals surface area contributed by atoms with E-state index < -0.39 is 4.92 Å². The Bertz CT molecular complexity index is 141. The first-order valence-corrected chi connectivity index (χ1v) is 2.00. The molecule has 1 rings (SSSR count). The Kier molecular flexibility index (Phi) is 1.13. The van der Waals surface area contributed by atoms with E-state index in [1.165, 1.54) is 12.6 Å². The molecule has 8 heavy (non-hydrogen) atoms. The summed E-state index contributed by atoms with van der Waals surface area (Å²) >= 11 is 0. The molecule has 0 saturated carbocycles. The van der Waals surface area contributed by atoms with Crippen LogP contribution in [0.1, 0.15) is 0 Å². The highest BCUT2D eigenvalue weighted by Gasteiger charge is 2.11. The van der Waals surface area contributed by atoms with Crippen LogP contribution in [0.5, 0.6) is 0 Å². The van der Waals surface area contributed by atoms with E-state index >= 15 is 0 Å². The zero-order valence-electron chi connectivity index (χ0n) is 3.92. The molecule has 0 spiro atoms. The number of hydrogen-bond acceptors (Lipinski definition) is 4. The Morgan fingerprint density at radius 3 is 2.75 bits per heavy atom. The summed E-state index contributed by atoms with van der Waals surface area (Å²) in [6.45, 7) is 1.46. The Morgan fingerprint density at radius 1 is 1.75 bits per heavy atom. The molecule has 1 heterocycles. The van der Waals surface area contributed by atoms with E-state index in [4.69, 9.17) is 0 Å². The monoisotopic (exact) mass is 114 g/mol. The van der Waals surface area contributed by atoms with Gasteiger partial charge in [-0.15, -0.1) is 0 Å². The third-order valence-corrected chi connectivity index (χ3v) is 0.721. The van der Waals surface area contributed by atoms with Gasteiger partial charge in [0.15, 0.2) is 0 Å². The van der Waals surface area contributed by atoms with Gasteiger partial charge in [-0.2, -0.15) is 10.9 Å². The molecule has 1 radical (unpaired) electrons. The lowest BCUT2D eigenvalue weighted by Crippen LogP contribution is -2.24. The third kappa shape index (κ3) is 0.760. The fraction of sp³-hybridized carbons (Fsp3) is 0. The van der Waals surface area contributed by atoms with Gasteiger partial charge in [-0.05, 0) is 4.92 Å². The first-order valence-electron chi connectivity index (χ1n) is 2.00. The number of hydrazine groups is 1. The number of rotatable bonds is 1. The maximum atomic E-state index is 9.82. The molecule has 5 heteroatoms. The molecular formula is C3H4N3O2. The molecule has 43 valence electrons. The molecule has 0 saturated heterocycles. The van der Waals surface area contributed by atoms with E-state index in [9.17, 15) is 10.1 Å². The van der Waals surface area contributed by atoms with Gasteiger partial charge in [0.05, 0.1) is 6.54 Å². The summed E-state index contributed by atoms with van der Waals surface area (Å²) < 4.78 is 0. The van der Waals surface area contributed by atoms with Crippen molar-refractivity contribution in [3.8, 4) is 0 Å². The van der Waals surface area contributed by atoms with E-state index in [0.29, 0.717) is 0 Å². The van der Waals surface area contributed by atoms with E-state index in [1.54, 1.807) is 0 Å². The van der Waals surface area contributed by atoms with Gasteiger partial charge in [0, 0.05) is 6.08 Å². The van der Waals surface area contributed by atoms with E-state index in [1.807, 2.05) is 0 Å². The second-order valence-corrected chi connectivity index (χ2v) is 1.25. The second-order valence-electron chi connectivity index (χ2n) is 1.25. The molecule has 0 amide bonds. The Hall–Kier alpha value is -1.10. The standard InChI is InChI=1S/C3H4N3O2/c7-6(8)3-1-2-4-5-3/h1-2,4-5H. The normalized spacial score (nSPS) is 17.2. The lowest BCUT2D eigenvalue weighted by Gasteiger charge is -1.91. The number of nitrogens with zero attached hydrogens (tertiary/aromatic N) is 1. The largest absolute Gasteiger partial charge is 0.358 e. The minimum absolute atomic E-state index is 0.0231. The molecule has 5 nitrogen and oxygen atoms in total. The summed E-state index contributed by atoms with van der Waals surface area (Å²) in [6, 6.07) is 0. The van der Waals surface area contributed by atoms with Gasteiger partial charge in [-0.1, -0.05) is 0 Å². The van der Waals surface area contributed by atoms with Crippen molar-refractivity contribution in [2.75, 3.05) is 0 Å². The van der Waals surface area contributed by atoms with Crippen LogP contribution in [0.3, 0.4) is 0 Å². The second kappa shape index (κ2) is 1.79. The van der Waals surface area contributed by atoms with Crippen molar-refractivity contribution in [2.24, 2.45) is 0 Å². The van der Waals surface area contributed by atoms with E-state index in [0.717, 1.165) is 0 Å². The van der Waals surface area contributed by atoms with Crippen LogP contribution in [-0.2, 0) is 0 Å². The third-order valence-electron chi connectivity index (χ3n) is 0.721. The van der Waals surface area contributed by atoms with Crippen LogP contribution in [0.4, 0.5) is 0 Å². The minimum Gasteiger partial charge on any atom is -0.358 e. The van der Waals surface area contributed by atoms with Crippen LogP contribution in [0.25, 0.3) is 0 Å². The highest BCUT2D eigenvalue weighted by Crippen LogP contribution is 1.94. The lowest BCUT2D eigenvalue weighted by atomic mass is 10.6. The molecule has 0 aromatic carbocycles. The smallest absolute Gasteiger partial charge is 0.331 e. The first kappa shape index (κ1) is 5.04. The molecule has 0 unspecified atom stereocenters. The molecule has 0 aromatic rings. The fourth-order valence-electron chi connectivity index (χ4n) is 0.384. The summed E-state index contributed by atoms with van der Waals surface area (Å²) in [6.07, 6.45) is 1.35. The summed E-state index contributed by atoms with van der Waals surface area (Å²) in [5.74, 6) is -0.0231. The molecule has 1 aliphatic heterocycles. The molecular weight excluding hydrogens is 110 g/mol. The summed E-state index contributed by atoms with van der Waals surface area (Å²) in [7, 11) is 0. The average Bonchev–Trinajstić information content (AvgIpc) is 2.12. The fourth-order valence-corrected chi connectivity index (χ4v) is 0.384. The summed E-state index contributed by atoms with van der Waals surface area (Å²) in [4.78, 5) is 9.31. The first-order chi connectivity index (χ1) is 3.80. The molecule has 0 aliphatic carbocycles. The minimum atomic E-state index is -0.503. The van der Waals surface area contributed by atoms with Crippen molar-refractivity contribution in [3.63, 3.8) is 0 Å². The lowest BCUT2D eigenvalue weighted by molar-refractivity contribution is -0.431. The van der Waals surface area contributed by atoms with Crippen LogP contribution >= 0.6 is 0 Å². The van der Waals surface area contributed by atoms with Gasteiger partial charge in [0.25, 0.3) is 0 Å². The zero-order valence-corrected chi connectivity index (χ0v) is 3.92. The SMILES string of the molecule is O=[N+]([O-])C1=C[CH]NN1. The highest BCUT2D eigenvalue weighted by molar-refractivity contribution is 5.02. The highest BCUT2D eigenvalue weighted by atomic mass is 16.6. The molecule has 0 fully saturated rings. The van der Waals surface area contributed by atoms with Gasteiger partial charge >= 0.3 is 5.82 Å². The average molecular weight is 114 g/mol. The Morgan fingerprint density at radius 2 is 2.50 bits per heavy atom. The zero-order chi connectivity index (χ0) is 5.98. The van der Waals surface area contributed by atoms with Crippen molar-refractivity contribution < 1.29 is 4.92 Å². The maximum Gasteiger partial charge on any atom is 0.331 e. The molecule has 0 bridgehead atoms. The van der Waals surface area contributed by atoms with Crippen molar-refractivity contribution in [2.45, 2.75) is 0 Å². The van der Waals surface area contributed by atoms with Crippen LogP contribution in [0.2, 0.25) is 0 Å². The quantitative estimate of drug-likeness (QED) is 0.352. The molecule has 2 N–H and O–H groups in total. The summed E-state index contributed by atoms with van der Waals surface area (Å²) in [5, 5.41) is 9.82. The molecule has 1 aliphatic rings. The van der Waals surface area contributed by atoms with Gasteiger partial charge < -0.3 is 10.1 Å². The number of hydrogen-bond donors (Lipinski definition) is 2. The Labute approximate surface area is 45.5 Å². The van der Waals surface area contributed by atoms with Gasteiger partial charge in [-0.3, -0.25) is 0 Å². The summed E-state index contributed by atoms with van der Waals surface area (Å²) in [5.41, 5.74) is 4.76. The van der Waals surface area contributed by atoms with E-state index in [2.05, 4.69) is 10.9 Å². The molecule has 0 aromatic heterocycles. The van der Waals surface area contributed by atoms with Crippen LogP contribution in [-0.4, -0.2) is 4.92 Å². The van der Waals surface area contributed by atoms with Crippen molar-refractivity contribution in [1.29, 1.82) is 0 Å². The number of nitro groups is 1. The van der Waals surface area contributed by atoms with Crippen LogP contribution in [0, 0.1) is 16.7 Å². The van der Waals surface area contributed by atoms with Crippen molar-refractivity contribution in [3.05, 3.63) is 28.6 Å². The van der Waals surface area contributed by atoms with E-state index in [-0.39, 0.29) is 5.82 Å². The molecule has 0 atom stereocenters. The van der Waals surface area contributed by atoms with Gasteiger partial charge in [-0.25, -0.2) is 0 Å². The van der Waals surface area contributed by atoms with Crippen LogP contribution < -0.4 is 10.9 Å². The van der Waals surface area contributed by atoms with Crippen molar-refractivity contribution >= 4 is 0 Å². The van der Waals surface area contributed by atoms with Crippen LogP contribution in [0.15, 0.2) is 11.9 Å². The topological polar surface area (TPSA) is 67.2 Å². The number of nitrogens with one attached hydrogen (secondary N) is 2. The van der Waals surface area contributed by atoms with Crippen molar-refractivity contribution in [1.82, 2.24) is 10.9 Å². The maximum absolute atomic E-state index is 9.82.